The number of benzene rings is 2. The lowest BCUT2D eigenvalue weighted by molar-refractivity contribution is -0.138. The van der Waals surface area contributed by atoms with Gasteiger partial charge in [0.25, 0.3) is 0 Å². The van der Waals surface area contributed by atoms with Crippen molar-refractivity contribution in [1.29, 1.82) is 0 Å². The zero-order valence-corrected chi connectivity index (χ0v) is 40.0. The molecule has 4 fully saturated rings. The molecule has 0 saturated carbocycles. The van der Waals surface area contributed by atoms with Gasteiger partial charge >= 0.3 is 12.4 Å². The molecule has 390 valence electrons. The topological polar surface area (TPSA) is 199 Å². The van der Waals surface area contributed by atoms with Crippen molar-refractivity contribution in [1.82, 2.24) is 38.9 Å². The molecule has 4 saturated heterocycles. The van der Waals surface area contributed by atoms with E-state index in [0.29, 0.717) is 89.4 Å². The minimum atomic E-state index is -4.39. The average Bonchev–Trinajstić information content (AvgIpc) is 3.98. The number of nitrogens with two attached hydrogens (primary N) is 2. The van der Waals surface area contributed by atoms with Gasteiger partial charge in [0, 0.05) is 51.0 Å². The third-order valence-electron chi connectivity index (χ3n) is 14.3. The number of ether oxygens (including phenoxy) is 2. The van der Waals surface area contributed by atoms with Gasteiger partial charge in [-0.2, -0.15) is 26.3 Å². The maximum Gasteiger partial charge on any atom is 0.416 e. The standard InChI is InChI=1S/C25H29F3N6O3.C25H29F3N6O2/c26-25(27,28)18-3-1-16(2-4-18)20-14-37-10-9-34(20)24-19-6-8-33(23(19)30-15-31-24)11-17-5-7-32(12-21(17)35)13-22(29)36;26-25(27,28)19-3-1-18(2-4-19)21-15-36-12-11-34(21)24-20-7-10-33(23(20)30-16-31-24)13-17-5-8-32(9-6-17)14-22(29)35/h1-4,6,8,15,17,20-21,35H,5,7,9-14H2,(H2,29,36);1-4,7,10,16-17,21H,5-6,8-9,11-15H2,(H2,29,35). The number of amides is 2. The van der Waals surface area contributed by atoms with Crippen molar-refractivity contribution in [2.75, 3.05) is 88.6 Å². The minimum absolute atomic E-state index is 0.0126. The molecule has 4 aliphatic rings. The average molecular weight is 1020 g/mol. The van der Waals surface area contributed by atoms with Crippen LogP contribution in [0.15, 0.2) is 85.7 Å². The quantitative estimate of drug-likeness (QED) is 0.132. The number of halogens is 6. The lowest BCUT2D eigenvalue weighted by atomic mass is 9.93. The van der Waals surface area contributed by atoms with Gasteiger partial charge in [0.2, 0.25) is 11.8 Å². The lowest BCUT2D eigenvalue weighted by Crippen LogP contribution is -2.47. The number of hydrogen-bond donors (Lipinski definition) is 3. The molecule has 4 aromatic heterocycles. The summed E-state index contributed by atoms with van der Waals surface area (Å²) in [5.74, 6) is 1.18. The first-order valence-electron chi connectivity index (χ1n) is 24.3. The van der Waals surface area contributed by atoms with Gasteiger partial charge in [-0.3, -0.25) is 19.4 Å². The number of aliphatic hydroxyl groups excluding tert-OH is 1. The summed E-state index contributed by atoms with van der Waals surface area (Å²) in [6.45, 7) is 7.31. The SMILES string of the molecule is NC(=O)CN1CCC(Cn2ccc3c(N4CCOCC4c4ccc(C(F)(F)F)cc4)ncnc32)C(O)C1.NC(=O)CN1CCC(Cn2ccc3c(N4CCOCC4c4ccc(C(F)(F)F)cc4)ncnc32)CC1. The smallest absolute Gasteiger partial charge is 0.391 e. The van der Waals surface area contributed by atoms with Crippen LogP contribution in [0.4, 0.5) is 38.0 Å². The van der Waals surface area contributed by atoms with Crippen LogP contribution in [-0.4, -0.2) is 141 Å². The molecule has 6 aromatic rings. The van der Waals surface area contributed by atoms with E-state index in [4.69, 9.17) is 20.9 Å². The Balaban J connectivity index is 0.000000180. The highest BCUT2D eigenvalue weighted by molar-refractivity contribution is 5.89. The van der Waals surface area contributed by atoms with E-state index in [1.165, 1.54) is 30.6 Å². The summed E-state index contributed by atoms with van der Waals surface area (Å²) in [7, 11) is 0. The highest BCUT2D eigenvalue weighted by Gasteiger charge is 2.35. The van der Waals surface area contributed by atoms with Crippen LogP contribution in [0.2, 0.25) is 0 Å². The molecule has 4 unspecified atom stereocenters. The number of piperidine rings is 2. The van der Waals surface area contributed by atoms with Crippen LogP contribution in [0, 0.1) is 11.8 Å². The summed E-state index contributed by atoms with van der Waals surface area (Å²) in [4.78, 5) is 48.7. The number of hydrogen-bond acceptors (Lipinski definition) is 13. The second-order valence-corrected chi connectivity index (χ2v) is 19.1. The van der Waals surface area contributed by atoms with Crippen molar-refractivity contribution in [3.63, 3.8) is 0 Å². The maximum atomic E-state index is 13.1. The molecule has 2 amide bonds. The number of anilines is 2. The Bertz CT molecular complexity index is 2840. The number of fused-ring (bicyclic) bond motifs is 2. The zero-order chi connectivity index (χ0) is 51.4. The number of likely N-dealkylation sites (tertiary alicyclic amines) is 2. The van der Waals surface area contributed by atoms with Gasteiger partial charge < -0.3 is 45.0 Å². The van der Waals surface area contributed by atoms with Crippen LogP contribution in [0.25, 0.3) is 22.1 Å². The predicted molar refractivity (Wildman–Crippen MR) is 258 cm³/mol. The Hall–Kier alpha value is -6.40. The van der Waals surface area contributed by atoms with E-state index >= 15 is 0 Å². The third kappa shape index (κ3) is 12.0. The van der Waals surface area contributed by atoms with Crippen molar-refractivity contribution < 1.29 is 50.5 Å². The van der Waals surface area contributed by atoms with E-state index in [9.17, 15) is 41.0 Å². The number of primary amides is 2. The lowest BCUT2D eigenvalue weighted by Gasteiger charge is -2.37. The second-order valence-electron chi connectivity index (χ2n) is 19.1. The number of morpholine rings is 2. The van der Waals surface area contributed by atoms with Gasteiger partial charge in [-0.15, -0.1) is 0 Å². The van der Waals surface area contributed by atoms with Crippen molar-refractivity contribution in [2.45, 2.75) is 62.9 Å². The Labute approximate surface area is 416 Å². The van der Waals surface area contributed by atoms with Gasteiger partial charge in [0.1, 0.15) is 35.6 Å². The first-order chi connectivity index (χ1) is 35.0. The van der Waals surface area contributed by atoms with E-state index in [0.717, 1.165) is 90.2 Å². The van der Waals surface area contributed by atoms with Gasteiger partial charge in [0.05, 0.1) is 79.6 Å². The first kappa shape index (κ1) is 51.5. The summed E-state index contributed by atoms with van der Waals surface area (Å²) in [6, 6.07) is 13.8. The largest absolute Gasteiger partial charge is 0.416 e. The summed E-state index contributed by atoms with van der Waals surface area (Å²) in [5, 5.41) is 12.4. The molecular formula is C50H58F6N12O5. The summed E-state index contributed by atoms with van der Waals surface area (Å²) in [5.41, 5.74) is 12.3. The molecule has 5 N–H and O–H groups in total. The predicted octanol–water partition coefficient (Wildman–Crippen LogP) is 5.42. The molecular weight excluding hydrogens is 963 g/mol. The molecule has 23 heteroatoms. The van der Waals surface area contributed by atoms with Gasteiger partial charge in [0.15, 0.2) is 0 Å². The van der Waals surface area contributed by atoms with Gasteiger partial charge in [-0.05, 0) is 92.3 Å². The summed E-state index contributed by atoms with van der Waals surface area (Å²) in [6.07, 6.45) is 0.263. The van der Waals surface area contributed by atoms with Crippen molar-refractivity contribution in [2.24, 2.45) is 23.3 Å². The molecule has 0 spiro atoms. The highest BCUT2D eigenvalue weighted by Crippen LogP contribution is 2.38. The number of carbonyl (C=O) groups excluding carboxylic acids is 2. The molecule has 4 atom stereocenters. The molecule has 10 rings (SSSR count). The van der Waals surface area contributed by atoms with E-state index in [1.54, 1.807) is 6.33 Å². The number of nitrogens with zero attached hydrogens (tertiary/aromatic N) is 10. The molecule has 0 bridgehead atoms. The van der Waals surface area contributed by atoms with Gasteiger partial charge in [-0.25, -0.2) is 19.9 Å². The molecule has 8 heterocycles. The van der Waals surface area contributed by atoms with Crippen LogP contribution in [-0.2, 0) is 44.5 Å². The molecule has 0 aliphatic carbocycles. The van der Waals surface area contributed by atoms with Crippen LogP contribution in [0.1, 0.15) is 53.6 Å². The number of rotatable bonds is 12. The Morgan fingerprint density at radius 3 is 1.51 bits per heavy atom. The molecule has 2 aromatic carbocycles. The van der Waals surface area contributed by atoms with E-state index < -0.39 is 35.5 Å². The van der Waals surface area contributed by atoms with Crippen LogP contribution >= 0.6 is 0 Å². The number of aliphatic hydroxyl groups is 1. The highest BCUT2D eigenvalue weighted by atomic mass is 19.4. The Kier molecular flexibility index (Phi) is 15.5. The second kappa shape index (κ2) is 22.0. The number of aromatic nitrogens is 6. The summed E-state index contributed by atoms with van der Waals surface area (Å²) < 4.78 is 93.8. The number of carbonyl (C=O) groups is 2. The van der Waals surface area contributed by atoms with Crippen molar-refractivity contribution in [3.8, 4) is 0 Å². The minimum Gasteiger partial charge on any atom is -0.391 e. The fourth-order valence-corrected chi connectivity index (χ4v) is 10.5. The molecule has 17 nitrogen and oxygen atoms in total. The van der Waals surface area contributed by atoms with Crippen molar-refractivity contribution >= 4 is 45.5 Å². The van der Waals surface area contributed by atoms with E-state index in [2.05, 4.69) is 39.2 Å². The third-order valence-corrected chi connectivity index (χ3v) is 14.3. The van der Waals surface area contributed by atoms with E-state index in [1.807, 2.05) is 34.0 Å². The maximum absolute atomic E-state index is 13.1. The zero-order valence-electron chi connectivity index (χ0n) is 40.0. The molecule has 73 heavy (non-hydrogen) atoms. The normalized spacial score (nSPS) is 21.8. The van der Waals surface area contributed by atoms with Crippen LogP contribution < -0.4 is 21.3 Å². The van der Waals surface area contributed by atoms with Gasteiger partial charge in [-0.1, -0.05) is 24.3 Å². The number of β-amino-alcohol motifs (C(OH)–C–C–N with tert-alkyl or cyclic N) is 1. The van der Waals surface area contributed by atoms with E-state index in [-0.39, 0.29) is 30.5 Å². The number of alkyl halides is 6. The summed E-state index contributed by atoms with van der Waals surface area (Å²) >= 11 is 0. The van der Waals surface area contributed by atoms with Crippen molar-refractivity contribution in [3.05, 3.63) is 108 Å². The Morgan fingerprint density at radius 2 is 1.05 bits per heavy atom. The first-order valence-corrected chi connectivity index (χ1v) is 24.3. The molecule has 4 aliphatic heterocycles. The fourth-order valence-electron chi connectivity index (χ4n) is 10.5. The van der Waals surface area contributed by atoms with Crippen LogP contribution in [0.3, 0.4) is 0 Å². The molecule has 0 radical (unpaired) electrons. The fraction of sp³-hybridized carbons (Fsp3) is 0.480. The van der Waals surface area contributed by atoms with Crippen LogP contribution in [0.5, 0.6) is 0 Å². The Morgan fingerprint density at radius 1 is 0.603 bits per heavy atom. The monoisotopic (exact) mass is 1020 g/mol.